The fraction of sp³-hybridized carbons (Fsp3) is 0.333. The Bertz CT molecular complexity index is 596. The molecule has 0 atom stereocenters. The molecule has 5 heteroatoms. The van der Waals surface area contributed by atoms with Crippen LogP contribution in [0, 0.1) is 0 Å². The summed E-state index contributed by atoms with van der Waals surface area (Å²) >= 11 is 0. The van der Waals surface area contributed by atoms with E-state index in [0.29, 0.717) is 24.0 Å². The normalized spacial score (nSPS) is 26.4. The molecule has 0 aromatic rings. The van der Waals surface area contributed by atoms with Gasteiger partial charge in [-0.25, -0.2) is 8.42 Å². The molecule has 1 aliphatic heterocycles. The zero-order valence-corrected chi connectivity index (χ0v) is 9.84. The van der Waals surface area contributed by atoms with Crippen LogP contribution in [0.4, 0.5) is 0 Å². The smallest absolute Gasteiger partial charge is 0.182 e. The molecule has 17 heavy (non-hydrogen) atoms. The van der Waals surface area contributed by atoms with Crippen LogP contribution in [0.25, 0.3) is 0 Å². The van der Waals surface area contributed by atoms with Gasteiger partial charge in [0, 0.05) is 11.1 Å². The Kier molecular flexibility index (Phi) is 2.04. The first-order chi connectivity index (χ1) is 7.96. The molecular formula is C12H10O4S. The number of sulfone groups is 1. The second-order valence-electron chi connectivity index (χ2n) is 4.61. The van der Waals surface area contributed by atoms with E-state index < -0.39 is 9.84 Å². The van der Waals surface area contributed by atoms with E-state index in [-0.39, 0.29) is 23.1 Å². The molecule has 4 nitrogen and oxygen atoms in total. The number of allylic oxidation sites excluding steroid dienone is 4. The summed E-state index contributed by atoms with van der Waals surface area (Å²) in [7, 11) is -3.05. The van der Waals surface area contributed by atoms with Crippen molar-refractivity contribution in [1.82, 2.24) is 0 Å². The molecule has 0 bridgehead atoms. The molecule has 0 saturated carbocycles. The first-order valence-corrected chi connectivity index (χ1v) is 7.17. The highest BCUT2D eigenvalue weighted by Gasteiger charge is 2.35. The maximum absolute atomic E-state index is 11.7. The Morgan fingerprint density at radius 2 is 1.24 bits per heavy atom. The fourth-order valence-electron chi connectivity index (χ4n) is 2.60. The van der Waals surface area contributed by atoms with Crippen molar-refractivity contribution in [3.8, 4) is 0 Å². The van der Waals surface area contributed by atoms with Gasteiger partial charge in [-0.3, -0.25) is 9.59 Å². The molecule has 0 radical (unpaired) electrons. The molecule has 3 aliphatic rings. The average Bonchev–Trinajstić information content (AvgIpc) is 2.54. The third-order valence-electron chi connectivity index (χ3n) is 3.41. The predicted octanol–water partition coefficient (Wildman–Crippen LogP) is 0.510. The lowest BCUT2D eigenvalue weighted by atomic mass is 9.81. The van der Waals surface area contributed by atoms with Crippen LogP contribution in [0.5, 0.6) is 0 Å². The van der Waals surface area contributed by atoms with Gasteiger partial charge in [0.15, 0.2) is 21.4 Å². The summed E-state index contributed by atoms with van der Waals surface area (Å²) in [6, 6.07) is 0. The topological polar surface area (TPSA) is 68.3 Å². The van der Waals surface area contributed by atoms with Crippen molar-refractivity contribution >= 4 is 21.4 Å². The number of ketones is 2. The molecule has 88 valence electrons. The van der Waals surface area contributed by atoms with Gasteiger partial charge in [0.25, 0.3) is 0 Å². The molecule has 0 amide bonds. The molecule has 0 N–H and O–H groups in total. The van der Waals surface area contributed by atoms with E-state index in [9.17, 15) is 18.0 Å². The third-order valence-corrected chi connectivity index (χ3v) is 4.99. The molecule has 1 heterocycles. The van der Waals surface area contributed by atoms with Crippen LogP contribution >= 0.6 is 0 Å². The van der Waals surface area contributed by atoms with Crippen LogP contribution in [-0.4, -0.2) is 31.5 Å². The lowest BCUT2D eigenvalue weighted by Gasteiger charge is -2.20. The van der Waals surface area contributed by atoms with E-state index in [1.807, 2.05) is 0 Å². The number of carbonyl (C=O) groups excluding carboxylic acids is 2. The van der Waals surface area contributed by atoms with Crippen molar-refractivity contribution in [2.75, 3.05) is 11.5 Å². The largest absolute Gasteiger partial charge is 0.290 e. The van der Waals surface area contributed by atoms with Crippen LogP contribution in [0.3, 0.4) is 0 Å². The molecule has 0 saturated heterocycles. The summed E-state index contributed by atoms with van der Waals surface area (Å²) in [4.78, 5) is 23.3. The highest BCUT2D eigenvalue weighted by atomic mass is 32.2. The van der Waals surface area contributed by atoms with Crippen molar-refractivity contribution in [2.45, 2.75) is 12.8 Å². The lowest BCUT2D eigenvalue weighted by Crippen LogP contribution is -2.19. The second kappa shape index (κ2) is 3.26. The highest BCUT2D eigenvalue weighted by molar-refractivity contribution is 7.92. The maximum atomic E-state index is 11.7. The number of hydrogen-bond donors (Lipinski definition) is 0. The zero-order valence-electron chi connectivity index (χ0n) is 9.02. The van der Waals surface area contributed by atoms with E-state index in [2.05, 4.69) is 0 Å². The van der Waals surface area contributed by atoms with Gasteiger partial charge in [-0.15, -0.1) is 0 Å². The van der Waals surface area contributed by atoms with Gasteiger partial charge in [0.1, 0.15) is 0 Å². The Morgan fingerprint density at radius 3 is 1.65 bits per heavy atom. The predicted molar refractivity (Wildman–Crippen MR) is 61.1 cm³/mol. The van der Waals surface area contributed by atoms with Crippen molar-refractivity contribution < 1.29 is 18.0 Å². The summed E-state index contributed by atoms with van der Waals surface area (Å²) in [6.45, 7) is 0. The minimum Gasteiger partial charge on any atom is -0.290 e. The molecule has 0 aromatic carbocycles. The van der Waals surface area contributed by atoms with E-state index >= 15 is 0 Å². The second-order valence-corrected chi connectivity index (χ2v) is 6.68. The van der Waals surface area contributed by atoms with E-state index in [0.717, 1.165) is 11.1 Å². The SMILES string of the molecule is O=C1C=CC(=O)C2=C1CC1=C(C2)CS(=O)(=O)C1. The van der Waals surface area contributed by atoms with E-state index in [4.69, 9.17) is 0 Å². The average molecular weight is 250 g/mol. The molecular weight excluding hydrogens is 240 g/mol. The van der Waals surface area contributed by atoms with Crippen LogP contribution in [0.15, 0.2) is 34.4 Å². The van der Waals surface area contributed by atoms with Gasteiger partial charge in [0.2, 0.25) is 0 Å². The number of hydrogen-bond acceptors (Lipinski definition) is 4. The van der Waals surface area contributed by atoms with Crippen LogP contribution in [0.1, 0.15) is 12.8 Å². The van der Waals surface area contributed by atoms with Crippen molar-refractivity contribution in [1.29, 1.82) is 0 Å². The van der Waals surface area contributed by atoms with Crippen molar-refractivity contribution in [3.05, 3.63) is 34.4 Å². The standard InChI is InChI=1S/C12H10O4S/c13-11-1-2-12(14)10-4-8-6-17(15,16)5-7(8)3-9(10)11/h1-2H,3-6H2. The summed E-state index contributed by atoms with van der Waals surface area (Å²) in [5, 5.41) is 0. The molecule has 0 spiro atoms. The summed E-state index contributed by atoms with van der Waals surface area (Å²) < 4.78 is 23.0. The van der Waals surface area contributed by atoms with Crippen LogP contribution < -0.4 is 0 Å². The quantitative estimate of drug-likeness (QED) is 0.464. The van der Waals surface area contributed by atoms with Crippen molar-refractivity contribution in [3.63, 3.8) is 0 Å². The van der Waals surface area contributed by atoms with Gasteiger partial charge in [-0.2, -0.15) is 0 Å². The van der Waals surface area contributed by atoms with Gasteiger partial charge in [0.05, 0.1) is 11.5 Å². The summed E-state index contributed by atoms with van der Waals surface area (Å²) in [6.07, 6.45) is 3.21. The maximum Gasteiger partial charge on any atom is 0.182 e. The Labute approximate surface area is 98.6 Å². The van der Waals surface area contributed by atoms with Gasteiger partial charge in [-0.05, 0) is 25.0 Å². The van der Waals surface area contributed by atoms with Gasteiger partial charge >= 0.3 is 0 Å². The minimum atomic E-state index is -3.05. The number of carbonyl (C=O) groups is 2. The minimum absolute atomic E-state index is 0.0459. The molecule has 0 aromatic heterocycles. The first-order valence-electron chi connectivity index (χ1n) is 5.35. The highest BCUT2D eigenvalue weighted by Crippen LogP contribution is 2.37. The lowest BCUT2D eigenvalue weighted by molar-refractivity contribution is -0.115. The molecule has 0 fully saturated rings. The molecule has 3 rings (SSSR count). The fourth-order valence-corrected chi connectivity index (χ4v) is 4.38. The molecule has 0 unspecified atom stereocenters. The number of rotatable bonds is 0. The van der Waals surface area contributed by atoms with Crippen LogP contribution in [-0.2, 0) is 19.4 Å². The third kappa shape index (κ3) is 1.61. The van der Waals surface area contributed by atoms with E-state index in [1.165, 1.54) is 12.2 Å². The summed E-state index contributed by atoms with van der Waals surface area (Å²) in [5.41, 5.74) is 2.63. The first kappa shape index (κ1) is 10.7. The van der Waals surface area contributed by atoms with Crippen molar-refractivity contribution in [2.24, 2.45) is 0 Å². The molecule has 2 aliphatic carbocycles. The zero-order chi connectivity index (χ0) is 12.2. The summed E-state index contributed by atoms with van der Waals surface area (Å²) in [5.74, 6) is -0.222. The Morgan fingerprint density at radius 1 is 0.824 bits per heavy atom. The van der Waals surface area contributed by atoms with Crippen LogP contribution in [0.2, 0.25) is 0 Å². The monoisotopic (exact) mass is 250 g/mol. The van der Waals surface area contributed by atoms with E-state index in [1.54, 1.807) is 0 Å². The van der Waals surface area contributed by atoms with Gasteiger partial charge in [-0.1, -0.05) is 11.1 Å². The van der Waals surface area contributed by atoms with Gasteiger partial charge < -0.3 is 0 Å². The Hall–Kier alpha value is -1.49. The Balaban J connectivity index is 2.00.